The maximum atomic E-state index is 4.80. The summed E-state index contributed by atoms with van der Waals surface area (Å²) in [5, 5.41) is 9.02. The maximum Gasteiger partial charge on any atom is 0.107 e. The molecule has 7 nitrogen and oxygen atoms in total. The fourth-order valence-electron chi connectivity index (χ4n) is 3.62. The van der Waals surface area contributed by atoms with E-state index in [0.717, 1.165) is 40.1 Å². The van der Waals surface area contributed by atoms with Crippen molar-refractivity contribution in [2.45, 2.75) is 25.2 Å². The van der Waals surface area contributed by atoms with Crippen LogP contribution in [-0.2, 0) is 14.1 Å². The third kappa shape index (κ3) is 2.39. The zero-order chi connectivity index (χ0) is 17.8. The number of nitrogens with zero attached hydrogens (tertiary/aromatic N) is 7. The van der Waals surface area contributed by atoms with Crippen molar-refractivity contribution in [1.82, 2.24) is 34.5 Å². The van der Waals surface area contributed by atoms with E-state index in [2.05, 4.69) is 27.3 Å². The summed E-state index contributed by atoms with van der Waals surface area (Å²) in [5.41, 5.74) is 6.96. The summed E-state index contributed by atoms with van der Waals surface area (Å²) in [6.45, 7) is 2.01. The highest BCUT2D eigenvalue weighted by Gasteiger charge is 2.42. The average Bonchev–Trinajstić information content (AvgIpc) is 3.16. The molecule has 4 aromatic heterocycles. The lowest BCUT2D eigenvalue weighted by molar-refractivity contribution is 0.745. The monoisotopic (exact) mass is 345 g/mol. The maximum absolute atomic E-state index is 4.80. The minimum absolute atomic E-state index is 0.457. The molecule has 4 aromatic rings. The summed E-state index contributed by atoms with van der Waals surface area (Å²) >= 11 is 0. The largest absolute Gasteiger partial charge is 0.276 e. The molecule has 0 aromatic carbocycles. The Morgan fingerprint density at radius 2 is 1.96 bits per heavy atom. The van der Waals surface area contributed by atoms with Gasteiger partial charge in [0.15, 0.2) is 0 Å². The molecule has 0 bridgehead atoms. The zero-order valence-corrected chi connectivity index (χ0v) is 15.0. The summed E-state index contributed by atoms with van der Waals surface area (Å²) in [5.74, 6) is 0.973. The van der Waals surface area contributed by atoms with Crippen molar-refractivity contribution in [1.29, 1.82) is 0 Å². The number of aromatic nitrogens is 7. The second-order valence-electron chi connectivity index (χ2n) is 7.05. The molecule has 1 fully saturated rings. The van der Waals surface area contributed by atoms with E-state index in [0.29, 0.717) is 11.8 Å². The van der Waals surface area contributed by atoms with Gasteiger partial charge < -0.3 is 0 Å². The number of hydrogen-bond acceptors (Lipinski definition) is 5. The van der Waals surface area contributed by atoms with Crippen LogP contribution in [0.15, 0.2) is 37.1 Å². The van der Waals surface area contributed by atoms with E-state index in [4.69, 9.17) is 10.1 Å². The Bertz CT molecular complexity index is 1120. The van der Waals surface area contributed by atoms with Gasteiger partial charge in [-0.1, -0.05) is 0 Å². The van der Waals surface area contributed by atoms with Gasteiger partial charge in [-0.2, -0.15) is 10.2 Å². The van der Waals surface area contributed by atoms with Crippen LogP contribution in [0.25, 0.3) is 22.4 Å². The predicted octanol–water partition coefficient (Wildman–Crippen LogP) is 2.74. The molecule has 0 spiro atoms. The summed E-state index contributed by atoms with van der Waals surface area (Å²) in [7, 11) is 3.92. The smallest absolute Gasteiger partial charge is 0.107 e. The van der Waals surface area contributed by atoms with Gasteiger partial charge in [-0.3, -0.25) is 19.3 Å². The second-order valence-corrected chi connectivity index (χ2v) is 7.05. The van der Waals surface area contributed by atoms with Gasteiger partial charge in [-0.05, 0) is 36.5 Å². The van der Waals surface area contributed by atoms with Crippen molar-refractivity contribution >= 4 is 11.0 Å². The standard InChI is InChI=1S/C19H19N7/c1-11-6-20-8-17-19(11)23-16(9-21-17)18-5-15(24-26(18)3)14-4-13(14)12-7-22-25(2)10-12/h5-10,13-14H,4H2,1-3H3/t13-,14+/m1/s1. The van der Waals surface area contributed by atoms with Crippen LogP contribution in [0.1, 0.15) is 35.1 Å². The number of pyridine rings is 1. The van der Waals surface area contributed by atoms with Crippen LogP contribution in [0, 0.1) is 6.92 Å². The lowest BCUT2D eigenvalue weighted by Crippen LogP contribution is -1.98. The highest BCUT2D eigenvalue weighted by atomic mass is 15.3. The highest BCUT2D eigenvalue weighted by molar-refractivity contribution is 5.78. The van der Waals surface area contributed by atoms with Crippen LogP contribution >= 0.6 is 0 Å². The van der Waals surface area contributed by atoms with Crippen LogP contribution < -0.4 is 0 Å². The van der Waals surface area contributed by atoms with Crippen molar-refractivity contribution in [3.63, 3.8) is 0 Å². The molecule has 4 heterocycles. The molecule has 0 N–H and O–H groups in total. The Kier molecular flexibility index (Phi) is 3.19. The third-order valence-corrected chi connectivity index (χ3v) is 5.12. The molecule has 0 amide bonds. The molecule has 0 aliphatic heterocycles. The van der Waals surface area contributed by atoms with Crippen LogP contribution in [0.5, 0.6) is 0 Å². The number of hydrogen-bond donors (Lipinski definition) is 0. The van der Waals surface area contributed by atoms with Crippen molar-refractivity contribution in [3.8, 4) is 11.4 Å². The molecule has 5 rings (SSSR count). The second kappa shape index (κ2) is 5.45. The van der Waals surface area contributed by atoms with Gasteiger partial charge in [0.1, 0.15) is 11.2 Å². The lowest BCUT2D eigenvalue weighted by Gasteiger charge is -2.04. The first-order valence-electron chi connectivity index (χ1n) is 8.70. The van der Waals surface area contributed by atoms with E-state index in [1.807, 2.05) is 42.8 Å². The average molecular weight is 345 g/mol. The number of fused-ring (bicyclic) bond motifs is 1. The van der Waals surface area contributed by atoms with Crippen molar-refractivity contribution in [2.24, 2.45) is 14.1 Å². The first-order chi connectivity index (χ1) is 12.6. The molecule has 7 heteroatoms. The van der Waals surface area contributed by atoms with E-state index in [1.54, 1.807) is 12.4 Å². The molecule has 1 aliphatic rings. The molecule has 26 heavy (non-hydrogen) atoms. The molecule has 1 saturated carbocycles. The van der Waals surface area contributed by atoms with E-state index in [-0.39, 0.29) is 0 Å². The van der Waals surface area contributed by atoms with Gasteiger partial charge in [-0.25, -0.2) is 4.98 Å². The van der Waals surface area contributed by atoms with Gasteiger partial charge in [-0.15, -0.1) is 0 Å². The lowest BCUT2D eigenvalue weighted by atomic mass is 10.1. The molecular formula is C19H19N7. The number of rotatable bonds is 3. The zero-order valence-electron chi connectivity index (χ0n) is 15.0. The van der Waals surface area contributed by atoms with Crippen molar-refractivity contribution < 1.29 is 0 Å². The van der Waals surface area contributed by atoms with E-state index < -0.39 is 0 Å². The summed E-state index contributed by atoms with van der Waals surface area (Å²) in [4.78, 5) is 13.5. The van der Waals surface area contributed by atoms with Crippen molar-refractivity contribution in [3.05, 3.63) is 53.9 Å². The minimum Gasteiger partial charge on any atom is -0.276 e. The molecule has 2 atom stereocenters. The Balaban J connectivity index is 1.49. The Morgan fingerprint density at radius 3 is 2.77 bits per heavy atom. The first-order valence-corrected chi connectivity index (χ1v) is 8.70. The summed E-state index contributed by atoms with van der Waals surface area (Å²) < 4.78 is 3.76. The van der Waals surface area contributed by atoms with Gasteiger partial charge in [0.05, 0.1) is 35.5 Å². The SMILES string of the molecule is Cc1cncc2ncc(-c3cc([C@H]4C[C@@H]4c4cnn(C)c4)nn3C)nc12. The highest BCUT2D eigenvalue weighted by Crippen LogP contribution is 2.54. The molecular weight excluding hydrogens is 326 g/mol. The van der Waals surface area contributed by atoms with Crippen LogP contribution in [0.2, 0.25) is 0 Å². The fraction of sp³-hybridized carbons (Fsp3) is 0.316. The molecule has 130 valence electrons. The van der Waals surface area contributed by atoms with Crippen LogP contribution in [0.4, 0.5) is 0 Å². The van der Waals surface area contributed by atoms with E-state index in [9.17, 15) is 0 Å². The normalized spacial score (nSPS) is 19.2. The van der Waals surface area contributed by atoms with Gasteiger partial charge in [0.25, 0.3) is 0 Å². The molecule has 0 saturated heterocycles. The molecule has 1 aliphatic carbocycles. The topological polar surface area (TPSA) is 74.3 Å². The number of aryl methyl sites for hydroxylation is 3. The molecule has 0 unspecified atom stereocenters. The first kappa shape index (κ1) is 15.2. The molecule has 0 radical (unpaired) electrons. The van der Waals surface area contributed by atoms with E-state index >= 15 is 0 Å². The Hall–Kier alpha value is -3.09. The quantitative estimate of drug-likeness (QED) is 0.571. The fourth-order valence-corrected chi connectivity index (χ4v) is 3.62. The minimum atomic E-state index is 0.457. The van der Waals surface area contributed by atoms with Gasteiger partial charge in [0, 0.05) is 32.4 Å². The summed E-state index contributed by atoms with van der Waals surface area (Å²) in [6, 6.07) is 2.15. The van der Waals surface area contributed by atoms with Gasteiger partial charge in [0.2, 0.25) is 0 Å². The van der Waals surface area contributed by atoms with Crippen molar-refractivity contribution in [2.75, 3.05) is 0 Å². The predicted molar refractivity (Wildman–Crippen MR) is 97.6 cm³/mol. The van der Waals surface area contributed by atoms with Crippen LogP contribution in [-0.4, -0.2) is 34.5 Å². The Morgan fingerprint density at radius 1 is 1.08 bits per heavy atom. The van der Waals surface area contributed by atoms with Crippen LogP contribution in [0.3, 0.4) is 0 Å². The van der Waals surface area contributed by atoms with Gasteiger partial charge >= 0.3 is 0 Å². The third-order valence-electron chi connectivity index (χ3n) is 5.12. The van der Waals surface area contributed by atoms with E-state index in [1.165, 1.54) is 5.56 Å². The Labute approximate surface area is 150 Å². The summed E-state index contributed by atoms with van der Waals surface area (Å²) in [6.07, 6.45) is 10.5.